The molecule has 3 N–H and O–H groups in total. The number of carbonyl (C=O) groups excluding carboxylic acids is 1. The number of nitrogens with zero attached hydrogens (tertiary/aromatic N) is 1. The molecule has 0 aliphatic carbocycles. The van der Waals surface area contributed by atoms with Gasteiger partial charge in [-0.2, -0.15) is 0 Å². The molecule has 0 radical (unpaired) electrons. The Hall–Kier alpha value is -2.97. The van der Waals surface area contributed by atoms with Gasteiger partial charge in [-0.3, -0.25) is 19.5 Å². The molecule has 0 saturated heterocycles. The second-order valence-corrected chi connectivity index (χ2v) is 8.83. The van der Waals surface area contributed by atoms with Gasteiger partial charge in [0.15, 0.2) is 0 Å². The maximum atomic E-state index is 12.6. The van der Waals surface area contributed by atoms with Gasteiger partial charge in [0.2, 0.25) is 5.91 Å². The van der Waals surface area contributed by atoms with E-state index in [1.54, 1.807) is 6.92 Å². The van der Waals surface area contributed by atoms with Crippen LogP contribution in [0.1, 0.15) is 39.7 Å². The average molecular weight is 439 g/mol. The van der Waals surface area contributed by atoms with Gasteiger partial charge in [-0.15, -0.1) is 11.3 Å². The first kappa shape index (κ1) is 21.3. The quantitative estimate of drug-likeness (QED) is 0.527. The van der Waals surface area contributed by atoms with E-state index in [9.17, 15) is 14.4 Å². The molecule has 162 valence electrons. The van der Waals surface area contributed by atoms with Gasteiger partial charge in [0.05, 0.1) is 6.04 Å². The van der Waals surface area contributed by atoms with Gasteiger partial charge in [0.1, 0.15) is 0 Å². The second-order valence-electron chi connectivity index (χ2n) is 7.83. The third-order valence-corrected chi connectivity index (χ3v) is 6.83. The molecule has 1 aromatic carbocycles. The molecule has 1 amide bonds. The molecule has 0 spiro atoms. The summed E-state index contributed by atoms with van der Waals surface area (Å²) in [6.07, 6.45) is 1.49. The zero-order valence-corrected chi connectivity index (χ0v) is 18.3. The smallest absolute Gasteiger partial charge is 0.325 e. The minimum atomic E-state index is -0.531. The highest BCUT2D eigenvalue weighted by Crippen LogP contribution is 2.30. The Labute approximate surface area is 184 Å². The predicted octanol–water partition coefficient (Wildman–Crippen LogP) is 2.28. The van der Waals surface area contributed by atoms with Crippen molar-refractivity contribution in [1.29, 1.82) is 0 Å². The van der Waals surface area contributed by atoms with E-state index in [-0.39, 0.29) is 24.8 Å². The standard InChI is InChI=1S/C23H26N4O3S/c1-15-18(22(29)26-23(30)25-15)7-8-21(28)24-13-19(16-5-3-2-4-6-16)27-11-9-20-17(14-27)10-12-31-20/h2-6,10,12,19H,7-9,11,13-14H2,1H3,(H,24,28)(H2,25,26,29,30)/t19-/m1/s1. The Balaban J connectivity index is 1.41. The van der Waals surface area contributed by atoms with Gasteiger partial charge < -0.3 is 10.3 Å². The molecule has 4 rings (SSSR count). The monoisotopic (exact) mass is 438 g/mol. The zero-order valence-electron chi connectivity index (χ0n) is 17.4. The molecule has 31 heavy (non-hydrogen) atoms. The first-order valence-electron chi connectivity index (χ1n) is 10.4. The fourth-order valence-electron chi connectivity index (χ4n) is 4.13. The van der Waals surface area contributed by atoms with Crippen LogP contribution in [0.25, 0.3) is 0 Å². The number of benzene rings is 1. The van der Waals surface area contributed by atoms with Crippen LogP contribution in [0.15, 0.2) is 51.4 Å². The number of amides is 1. The number of hydrogen-bond donors (Lipinski definition) is 3. The predicted molar refractivity (Wildman–Crippen MR) is 121 cm³/mol. The van der Waals surface area contributed by atoms with Crippen LogP contribution >= 0.6 is 11.3 Å². The number of carbonyl (C=O) groups is 1. The van der Waals surface area contributed by atoms with Crippen molar-refractivity contribution < 1.29 is 4.79 Å². The summed E-state index contributed by atoms with van der Waals surface area (Å²) in [4.78, 5) is 44.6. The van der Waals surface area contributed by atoms with E-state index in [4.69, 9.17) is 0 Å². The van der Waals surface area contributed by atoms with Gasteiger partial charge in [0, 0.05) is 42.2 Å². The lowest BCUT2D eigenvalue weighted by molar-refractivity contribution is -0.121. The van der Waals surface area contributed by atoms with Crippen molar-refractivity contribution in [3.8, 4) is 0 Å². The van der Waals surface area contributed by atoms with E-state index in [1.807, 2.05) is 29.5 Å². The molecular weight excluding hydrogens is 412 g/mol. The molecule has 3 aromatic rings. The number of nitrogens with one attached hydrogen (secondary N) is 3. The normalized spacial score (nSPS) is 14.7. The number of H-pyrrole nitrogens is 2. The molecular formula is C23H26N4O3S. The van der Waals surface area contributed by atoms with Crippen molar-refractivity contribution in [2.45, 2.75) is 38.8 Å². The van der Waals surface area contributed by atoms with Crippen LogP contribution in [0.2, 0.25) is 0 Å². The second kappa shape index (κ2) is 9.45. The van der Waals surface area contributed by atoms with Gasteiger partial charge in [-0.25, -0.2) is 4.79 Å². The lowest BCUT2D eigenvalue weighted by Gasteiger charge is -2.35. The number of rotatable bonds is 7. The molecule has 3 heterocycles. The van der Waals surface area contributed by atoms with Crippen molar-refractivity contribution in [1.82, 2.24) is 20.2 Å². The number of thiophene rings is 1. The van der Waals surface area contributed by atoms with E-state index >= 15 is 0 Å². The third kappa shape index (κ3) is 5.03. The Kier molecular flexibility index (Phi) is 6.48. The highest BCUT2D eigenvalue weighted by Gasteiger charge is 2.25. The number of aryl methyl sites for hydroxylation is 1. The Morgan fingerprint density at radius 3 is 2.77 bits per heavy atom. The zero-order chi connectivity index (χ0) is 21.8. The number of aromatic amines is 2. The van der Waals surface area contributed by atoms with Crippen LogP contribution in [0.4, 0.5) is 0 Å². The Morgan fingerprint density at radius 2 is 2.00 bits per heavy atom. The van der Waals surface area contributed by atoms with Gasteiger partial charge in [0.25, 0.3) is 5.56 Å². The SMILES string of the molecule is Cc1[nH]c(=O)[nH]c(=O)c1CCC(=O)NC[C@H](c1ccccc1)N1CCc2sccc2C1. The van der Waals surface area contributed by atoms with Crippen LogP contribution < -0.4 is 16.6 Å². The number of fused-ring (bicyclic) bond motifs is 1. The number of aromatic nitrogens is 2. The van der Waals surface area contributed by atoms with E-state index in [0.29, 0.717) is 17.8 Å². The van der Waals surface area contributed by atoms with E-state index in [0.717, 1.165) is 19.5 Å². The first-order valence-corrected chi connectivity index (χ1v) is 11.3. The molecule has 0 saturated carbocycles. The maximum absolute atomic E-state index is 12.6. The molecule has 1 atom stereocenters. The van der Waals surface area contributed by atoms with Crippen LogP contribution in [-0.4, -0.2) is 33.9 Å². The summed E-state index contributed by atoms with van der Waals surface area (Å²) in [6, 6.07) is 12.5. The Bertz CT molecular complexity index is 1170. The fraction of sp³-hybridized carbons (Fsp3) is 0.348. The van der Waals surface area contributed by atoms with Crippen molar-refractivity contribution >= 4 is 17.2 Å². The van der Waals surface area contributed by atoms with E-state index in [1.165, 1.54) is 16.0 Å². The summed E-state index contributed by atoms with van der Waals surface area (Å²) in [5.74, 6) is -0.112. The highest BCUT2D eigenvalue weighted by atomic mass is 32.1. The minimum absolute atomic E-state index is 0.0800. The fourth-order valence-corrected chi connectivity index (χ4v) is 5.02. The van der Waals surface area contributed by atoms with Crippen molar-refractivity contribution in [3.05, 3.63) is 89.9 Å². The summed E-state index contributed by atoms with van der Waals surface area (Å²) in [5.41, 5.74) is 2.53. The van der Waals surface area contributed by atoms with Gasteiger partial charge in [-0.1, -0.05) is 30.3 Å². The summed E-state index contributed by atoms with van der Waals surface area (Å²) in [5, 5.41) is 5.20. The highest BCUT2D eigenvalue weighted by molar-refractivity contribution is 7.10. The summed E-state index contributed by atoms with van der Waals surface area (Å²) >= 11 is 1.81. The lowest BCUT2D eigenvalue weighted by Crippen LogP contribution is -2.40. The molecule has 0 unspecified atom stereocenters. The molecule has 8 heteroatoms. The van der Waals surface area contributed by atoms with E-state index in [2.05, 4.69) is 43.8 Å². The first-order chi connectivity index (χ1) is 15.0. The molecule has 0 bridgehead atoms. The van der Waals surface area contributed by atoms with E-state index < -0.39 is 11.2 Å². The van der Waals surface area contributed by atoms with Crippen LogP contribution in [0.3, 0.4) is 0 Å². The molecule has 1 aliphatic rings. The molecule has 0 fully saturated rings. The Morgan fingerprint density at radius 1 is 1.19 bits per heavy atom. The third-order valence-electron chi connectivity index (χ3n) is 5.81. The van der Waals surface area contributed by atoms with Crippen LogP contribution in [-0.2, 0) is 24.2 Å². The largest absolute Gasteiger partial charge is 0.354 e. The lowest BCUT2D eigenvalue weighted by atomic mass is 10.0. The minimum Gasteiger partial charge on any atom is -0.354 e. The summed E-state index contributed by atoms with van der Waals surface area (Å²) in [6.45, 7) is 4.00. The maximum Gasteiger partial charge on any atom is 0.325 e. The number of hydrogen-bond acceptors (Lipinski definition) is 5. The molecule has 2 aromatic heterocycles. The van der Waals surface area contributed by atoms with Crippen molar-refractivity contribution in [2.75, 3.05) is 13.1 Å². The van der Waals surface area contributed by atoms with Crippen molar-refractivity contribution in [2.24, 2.45) is 0 Å². The summed E-state index contributed by atoms with van der Waals surface area (Å²) < 4.78 is 0. The van der Waals surface area contributed by atoms with Crippen LogP contribution in [0, 0.1) is 6.92 Å². The average Bonchev–Trinajstić information content (AvgIpc) is 3.22. The van der Waals surface area contributed by atoms with Gasteiger partial charge in [-0.05, 0) is 42.3 Å². The molecule has 1 aliphatic heterocycles. The van der Waals surface area contributed by atoms with Gasteiger partial charge >= 0.3 is 5.69 Å². The summed E-state index contributed by atoms with van der Waals surface area (Å²) in [7, 11) is 0. The topological polar surface area (TPSA) is 98.1 Å². The van der Waals surface area contributed by atoms with Crippen LogP contribution in [0.5, 0.6) is 0 Å². The van der Waals surface area contributed by atoms with Crippen molar-refractivity contribution in [3.63, 3.8) is 0 Å². The molecule has 7 nitrogen and oxygen atoms in total.